The molecule has 0 radical (unpaired) electrons. The first-order chi connectivity index (χ1) is 11.8. The van der Waals surface area contributed by atoms with Crippen molar-refractivity contribution in [1.82, 2.24) is 10.1 Å². The molecule has 7 nitrogen and oxygen atoms in total. The second-order valence-electron chi connectivity index (χ2n) is 8.25. The molecule has 25 heavy (non-hydrogen) atoms. The van der Waals surface area contributed by atoms with E-state index in [1.807, 2.05) is 25.7 Å². The fraction of sp³-hybridized carbons (Fsp3) is 0.722. The summed E-state index contributed by atoms with van der Waals surface area (Å²) in [4.78, 5) is 25.9. The van der Waals surface area contributed by atoms with Crippen LogP contribution in [0, 0.1) is 5.92 Å². The van der Waals surface area contributed by atoms with Crippen LogP contribution in [0.2, 0.25) is 0 Å². The molecule has 2 aliphatic rings. The van der Waals surface area contributed by atoms with Gasteiger partial charge >= 0.3 is 5.97 Å². The number of amides is 1. The lowest BCUT2D eigenvalue weighted by molar-refractivity contribution is -0.143. The van der Waals surface area contributed by atoms with E-state index < -0.39 is 12.0 Å². The van der Waals surface area contributed by atoms with E-state index in [2.05, 4.69) is 10.5 Å². The van der Waals surface area contributed by atoms with Crippen LogP contribution in [0.15, 0.2) is 10.6 Å². The Hall–Kier alpha value is -1.89. The molecule has 138 valence electrons. The van der Waals surface area contributed by atoms with Gasteiger partial charge in [-0.2, -0.15) is 0 Å². The lowest BCUT2D eigenvalue weighted by atomic mass is 9.85. The van der Waals surface area contributed by atoms with Gasteiger partial charge in [0.2, 0.25) is 11.8 Å². The first-order valence-electron chi connectivity index (χ1n) is 9.01. The zero-order valence-corrected chi connectivity index (χ0v) is 15.1. The molecule has 2 heterocycles. The number of hydrogen-bond donors (Lipinski definition) is 2. The second-order valence-corrected chi connectivity index (χ2v) is 8.25. The predicted molar refractivity (Wildman–Crippen MR) is 92.3 cm³/mol. The molecular weight excluding hydrogens is 322 g/mol. The number of nitrogens with one attached hydrogen (secondary N) is 1. The summed E-state index contributed by atoms with van der Waals surface area (Å²) in [5.41, 5.74) is 0.602. The van der Waals surface area contributed by atoms with Gasteiger partial charge in [0.1, 0.15) is 6.04 Å². The summed E-state index contributed by atoms with van der Waals surface area (Å²) in [6.07, 6.45) is 4.93. The average molecular weight is 349 g/mol. The summed E-state index contributed by atoms with van der Waals surface area (Å²) in [5.74, 6) is -0.396. The maximum Gasteiger partial charge on any atom is 0.320 e. The van der Waals surface area contributed by atoms with Crippen molar-refractivity contribution in [2.45, 2.75) is 70.4 Å². The molecule has 1 aromatic heterocycles. The van der Waals surface area contributed by atoms with Crippen LogP contribution < -0.4 is 5.32 Å². The minimum atomic E-state index is -0.836. The zero-order valence-electron chi connectivity index (χ0n) is 15.1. The molecule has 7 heteroatoms. The fourth-order valence-electron chi connectivity index (χ4n) is 4.05. The highest BCUT2D eigenvalue weighted by Gasteiger charge is 2.45. The molecular formula is C18H27N3O4. The van der Waals surface area contributed by atoms with E-state index in [1.54, 1.807) is 6.07 Å². The summed E-state index contributed by atoms with van der Waals surface area (Å²) in [5, 5.41) is 16.2. The van der Waals surface area contributed by atoms with Gasteiger partial charge in [0.25, 0.3) is 0 Å². The Kier molecular flexibility index (Phi) is 4.86. The van der Waals surface area contributed by atoms with Gasteiger partial charge in [-0.1, -0.05) is 38.8 Å². The van der Waals surface area contributed by atoms with E-state index in [1.165, 1.54) is 0 Å². The first-order valence-corrected chi connectivity index (χ1v) is 9.01. The Morgan fingerprint density at radius 2 is 2.08 bits per heavy atom. The number of likely N-dealkylation sites (tertiary alicyclic amines) is 1. The largest absolute Gasteiger partial charge is 0.480 e. The van der Waals surface area contributed by atoms with Crippen LogP contribution in [-0.2, 0) is 15.0 Å². The Morgan fingerprint density at radius 3 is 2.72 bits per heavy atom. The number of anilines is 1. The number of nitrogens with zero attached hydrogens (tertiary/aromatic N) is 2. The van der Waals surface area contributed by atoms with E-state index in [4.69, 9.17) is 4.52 Å². The lowest BCUT2D eigenvalue weighted by Crippen LogP contribution is -2.46. The van der Waals surface area contributed by atoms with Crippen LogP contribution in [0.25, 0.3) is 0 Å². The van der Waals surface area contributed by atoms with Gasteiger partial charge in [-0.3, -0.25) is 19.8 Å². The number of carbonyl (C=O) groups excluding carboxylic acids is 1. The van der Waals surface area contributed by atoms with Gasteiger partial charge in [-0.25, -0.2) is 0 Å². The topological polar surface area (TPSA) is 95.7 Å². The third kappa shape index (κ3) is 3.86. The summed E-state index contributed by atoms with van der Waals surface area (Å²) in [6.45, 7) is 6.12. The van der Waals surface area contributed by atoms with Gasteiger partial charge in [0, 0.05) is 17.5 Å². The van der Waals surface area contributed by atoms with Crippen LogP contribution in [0.3, 0.4) is 0 Å². The quantitative estimate of drug-likeness (QED) is 0.867. The van der Waals surface area contributed by atoms with E-state index in [-0.39, 0.29) is 23.9 Å². The van der Waals surface area contributed by atoms with Crippen molar-refractivity contribution in [3.63, 3.8) is 0 Å². The van der Waals surface area contributed by atoms with Gasteiger partial charge in [0.05, 0.1) is 12.2 Å². The summed E-state index contributed by atoms with van der Waals surface area (Å²) in [6, 6.07) is 1.35. The van der Waals surface area contributed by atoms with E-state index in [0.717, 1.165) is 31.4 Å². The van der Waals surface area contributed by atoms with Crippen molar-refractivity contribution < 1.29 is 19.2 Å². The molecule has 3 rings (SSSR count). The zero-order chi connectivity index (χ0) is 18.2. The maximum absolute atomic E-state index is 12.4. The number of carboxylic acids is 1. The molecule has 2 fully saturated rings. The maximum atomic E-state index is 12.4. The number of carboxylic acid groups (broad SMARTS) is 1. The SMILES string of the molecule is CC(C)(C)c1cc(NC(=O)CN2[C@@H]3CCCC[C@@H]3C[C@H]2C(=O)O)on1. The van der Waals surface area contributed by atoms with Gasteiger partial charge in [-0.15, -0.1) is 0 Å². The molecule has 1 saturated carbocycles. The third-order valence-electron chi connectivity index (χ3n) is 5.37. The molecule has 2 N–H and O–H groups in total. The van der Waals surface area contributed by atoms with E-state index in [0.29, 0.717) is 18.2 Å². The van der Waals surface area contributed by atoms with E-state index in [9.17, 15) is 14.7 Å². The Bertz CT molecular complexity index is 649. The third-order valence-corrected chi connectivity index (χ3v) is 5.37. The van der Waals surface area contributed by atoms with Gasteiger partial charge in [0.15, 0.2) is 0 Å². The number of carbonyl (C=O) groups is 2. The van der Waals surface area contributed by atoms with Crippen LogP contribution >= 0.6 is 0 Å². The molecule has 1 amide bonds. The van der Waals surface area contributed by atoms with Gasteiger partial charge < -0.3 is 9.63 Å². The van der Waals surface area contributed by atoms with Crippen LogP contribution in [-0.4, -0.2) is 45.7 Å². The summed E-state index contributed by atoms with van der Waals surface area (Å²) < 4.78 is 5.19. The van der Waals surface area contributed by atoms with Crippen molar-refractivity contribution >= 4 is 17.8 Å². The number of aliphatic carboxylic acids is 1. The highest BCUT2D eigenvalue weighted by atomic mass is 16.5. The predicted octanol–water partition coefficient (Wildman–Crippen LogP) is 2.63. The van der Waals surface area contributed by atoms with Crippen molar-refractivity contribution in [2.24, 2.45) is 5.92 Å². The van der Waals surface area contributed by atoms with Crippen molar-refractivity contribution in [2.75, 3.05) is 11.9 Å². The van der Waals surface area contributed by atoms with Crippen molar-refractivity contribution in [3.05, 3.63) is 11.8 Å². The molecule has 1 aliphatic heterocycles. The molecule has 1 aromatic rings. The van der Waals surface area contributed by atoms with Gasteiger partial charge in [-0.05, 0) is 25.2 Å². The van der Waals surface area contributed by atoms with Crippen LogP contribution in [0.5, 0.6) is 0 Å². The van der Waals surface area contributed by atoms with Crippen molar-refractivity contribution in [1.29, 1.82) is 0 Å². The molecule has 0 aromatic carbocycles. The Balaban J connectivity index is 1.66. The van der Waals surface area contributed by atoms with E-state index >= 15 is 0 Å². The number of hydrogen-bond acceptors (Lipinski definition) is 5. The molecule has 0 unspecified atom stereocenters. The summed E-state index contributed by atoms with van der Waals surface area (Å²) >= 11 is 0. The number of fused-ring (bicyclic) bond motifs is 1. The Labute approximate surface area is 147 Å². The molecule has 0 bridgehead atoms. The number of aromatic nitrogens is 1. The van der Waals surface area contributed by atoms with Crippen LogP contribution in [0.4, 0.5) is 5.88 Å². The first kappa shape index (κ1) is 17.9. The molecule has 1 aliphatic carbocycles. The summed E-state index contributed by atoms with van der Waals surface area (Å²) in [7, 11) is 0. The monoisotopic (exact) mass is 349 g/mol. The highest BCUT2D eigenvalue weighted by Crippen LogP contribution is 2.39. The van der Waals surface area contributed by atoms with Crippen LogP contribution in [0.1, 0.15) is 58.6 Å². The minimum absolute atomic E-state index is 0.0731. The normalized spacial score (nSPS) is 27.1. The highest BCUT2D eigenvalue weighted by molar-refractivity contribution is 5.91. The molecule has 0 spiro atoms. The fourth-order valence-corrected chi connectivity index (χ4v) is 4.05. The van der Waals surface area contributed by atoms with Crippen molar-refractivity contribution in [3.8, 4) is 0 Å². The lowest BCUT2D eigenvalue weighted by Gasteiger charge is -2.32. The molecule has 3 atom stereocenters. The number of rotatable bonds is 4. The second kappa shape index (κ2) is 6.78. The average Bonchev–Trinajstić information content (AvgIpc) is 3.12. The minimum Gasteiger partial charge on any atom is -0.480 e. The smallest absolute Gasteiger partial charge is 0.320 e. The molecule has 1 saturated heterocycles. The Morgan fingerprint density at radius 1 is 1.36 bits per heavy atom. The standard InChI is InChI=1S/C18H27N3O4/c1-18(2,3)14-9-16(25-20-14)19-15(22)10-21-12-7-5-4-6-11(12)8-13(21)17(23)24/h9,11-13H,4-8,10H2,1-3H3,(H,19,22)(H,23,24)/t11-,12-,13+/m1/s1.